The average molecular weight is 338 g/mol. The fourth-order valence-electron chi connectivity index (χ4n) is 2.13. The summed E-state index contributed by atoms with van der Waals surface area (Å²) in [5.41, 5.74) is 0. The molecule has 0 saturated heterocycles. The number of benzene rings is 1. The summed E-state index contributed by atoms with van der Waals surface area (Å²) in [6.45, 7) is 2.86. The van der Waals surface area contributed by atoms with Crippen molar-refractivity contribution in [1.82, 2.24) is 0 Å². The fraction of sp³-hybridized carbons (Fsp3) is 0.625. The van der Waals surface area contributed by atoms with Crippen LogP contribution in [0.4, 0.5) is 0 Å². The van der Waals surface area contributed by atoms with Crippen molar-refractivity contribution >= 4 is 39.7 Å². The molecule has 22 heavy (non-hydrogen) atoms. The van der Waals surface area contributed by atoms with Gasteiger partial charge in [-0.25, -0.2) is 0 Å². The van der Waals surface area contributed by atoms with Crippen LogP contribution in [-0.4, -0.2) is 49.1 Å². The fourth-order valence-corrected chi connectivity index (χ4v) is 2.61. The molecule has 1 aromatic carbocycles. The van der Waals surface area contributed by atoms with Crippen molar-refractivity contribution in [2.75, 3.05) is 6.61 Å². The number of rotatable bonds is 11. The van der Waals surface area contributed by atoms with E-state index in [4.69, 9.17) is 9.29 Å². The van der Waals surface area contributed by atoms with Crippen LogP contribution in [0.15, 0.2) is 29.2 Å². The molecule has 0 heterocycles. The van der Waals surface area contributed by atoms with Crippen molar-refractivity contribution in [2.24, 2.45) is 0 Å². The Morgan fingerprint density at radius 2 is 1.41 bits per heavy atom. The second-order valence-electron chi connectivity index (χ2n) is 5.27. The third kappa shape index (κ3) is 9.85. The van der Waals surface area contributed by atoms with E-state index in [0.29, 0.717) is 12.4 Å². The average Bonchev–Trinajstić information content (AvgIpc) is 2.45. The minimum atomic E-state index is -4.12. The molecule has 0 spiro atoms. The summed E-state index contributed by atoms with van der Waals surface area (Å²) in [4.78, 5) is -0.109. The van der Waals surface area contributed by atoms with Crippen LogP contribution in [0.3, 0.4) is 0 Å². The molecule has 0 aliphatic rings. The molecule has 1 N–H and O–H groups in total. The van der Waals surface area contributed by atoms with E-state index < -0.39 is 10.1 Å². The summed E-state index contributed by atoms with van der Waals surface area (Å²) < 4.78 is 36.2. The van der Waals surface area contributed by atoms with Crippen LogP contribution >= 0.6 is 0 Å². The molecule has 1 aromatic rings. The molecule has 0 aliphatic carbocycles. The van der Waals surface area contributed by atoms with Crippen molar-refractivity contribution < 1.29 is 17.7 Å². The van der Waals surface area contributed by atoms with Gasteiger partial charge in [-0.3, -0.25) is 4.55 Å². The molecular weight excluding hydrogens is 311 g/mol. The predicted molar refractivity (Wildman–Crippen MR) is 91.5 cm³/mol. The number of hydrogen-bond donors (Lipinski definition) is 1. The molecule has 0 aliphatic heterocycles. The van der Waals surface area contributed by atoms with E-state index in [0.717, 1.165) is 12.8 Å². The third-order valence-electron chi connectivity index (χ3n) is 3.39. The summed E-state index contributed by atoms with van der Waals surface area (Å²) in [6.07, 6.45) is 9.99. The molecule has 0 saturated carbocycles. The van der Waals surface area contributed by atoms with Gasteiger partial charge in [0.25, 0.3) is 10.1 Å². The van der Waals surface area contributed by atoms with Gasteiger partial charge in [-0.05, 0) is 30.7 Å². The topological polar surface area (TPSA) is 63.6 Å². The van der Waals surface area contributed by atoms with Gasteiger partial charge in [0.1, 0.15) is 5.75 Å². The SMILES string of the molecule is CCCCCCCCCCOc1ccc(S(=O)(=O)O)cc1.[NaH]. The van der Waals surface area contributed by atoms with Gasteiger partial charge in [-0.2, -0.15) is 8.42 Å². The maximum atomic E-state index is 10.9. The molecule has 6 heteroatoms. The standard InChI is InChI=1S/C16H26O4S.Na.H/c1-2-3-4-5-6-7-8-9-14-20-15-10-12-16(13-11-15)21(17,18)19;;/h10-13H,2-9,14H2,1H3,(H,17,18,19);;. The Balaban J connectivity index is 0.00000441. The molecule has 122 valence electrons. The van der Waals surface area contributed by atoms with Crippen LogP contribution in [0.5, 0.6) is 5.75 Å². The van der Waals surface area contributed by atoms with E-state index in [1.165, 1.54) is 50.7 Å². The number of hydrogen-bond acceptors (Lipinski definition) is 3. The predicted octanol–water partition coefficient (Wildman–Crippen LogP) is 3.80. The molecule has 1 rings (SSSR count). The summed E-state index contributed by atoms with van der Waals surface area (Å²) in [5, 5.41) is 0. The summed E-state index contributed by atoms with van der Waals surface area (Å²) >= 11 is 0. The van der Waals surface area contributed by atoms with Crippen molar-refractivity contribution in [3.8, 4) is 5.75 Å². The Bertz CT molecular complexity index is 485. The third-order valence-corrected chi connectivity index (χ3v) is 4.26. The monoisotopic (exact) mass is 338 g/mol. The Morgan fingerprint density at radius 1 is 0.909 bits per heavy atom. The Labute approximate surface area is 156 Å². The molecule has 4 nitrogen and oxygen atoms in total. The normalized spacial score (nSPS) is 11.0. The van der Waals surface area contributed by atoms with Crippen LogP contribution in [-0.2, 0) is 10.1 Å². The van der Waals surface area contributed by atoms with Gasteiger partial charge in [-0.1, -0.05) is 51.9 Å². The van der Waals surface area contributed by atoms with Crippen molar-refractivity contribution in [3.63, 3.8) is 0 Å². The first-order valence-electron chi connectivity index (χ1n) is 7.74. The molecule has 0 atom stereocenters. The maximum absolute atomic E-state index is 10.9. The molecule has 0 unspecified atom stereocenters. The summed E-state index contributed by atoms with van der Waals surface area (Å²) in [5.74, 6) is 0.630. The van der Waals surface area contributed by atoms with Gasteiger partial charge < -0.3 is 4.74 Å². The van der Waals surface area contributed by atoms with Gasteiger partial charge in [0.2, 0.25) is 0 Å². The summed E-state index contributed by atoms with van der Waals surface area (Å²) in [6, 6.07) is 5.82. The zero-order valence-corrected chi connectivity index (χ0v) is 13.6. The van der Waals surface area contributed by atoms with E-state index in [1.807, 2.05) is 0 Å². The second kappa shape index (κ2) is 12.4. The quantitative estimate of drug-likeness (QED) is 0.379. The summed E-state index contributed by atoms with van der Waals surface area (Å²) in [7, 11) is -4.12. The molecule has 0 aromatic heterocycles. The van der Waals surface area contributed by atoms with Gasteiger partial charge in [0.05, 0.1) is 11.5 Å². The molecule has 0 bridgehead atoms. The van der Waals surface area contributed by atoms with Gasteiger partial charge in [0, 0.05) is 0 Å². The van der Waals surface area contributed by atoms with Crippen LogP contribution in [0.1, 0.15) is 58.3 Å². The first-order chi connectivity index (χ1) is 10.0. The number of unbranched alkanes of at least 4 members (excludes halogenated alkanes) is 7. The Hall–Kier alpha value is -0.0700. The van der Waals surface area contributed by atoms with Gasteiger partial charge >= 0.3 is 29.6 Å². The molecule has 0 amide bonds. The number of ether oxygens (including phenoxy) is 1. The first-order valence-corrected chi connectivity index (χ1v) is 9.18. The van der Waals surface area contributed by atoms with Gasteiger partial charge in [-0.15, -0.1) is 0 Å². The van der Waals surface area contributed by atoms with E-state index in [1.54, 1.807) is 12.1 Å². The van der Waals surface area contributed by atoms with Crippen LogP contribution in [0.2, 0.25) is 0 Å². The van der Waals surface area contributed by atoms with Gasteiger partial charge in [0.15, 0.2) is 0 Å². The minimum absolute atomic E-state index is 0. The molecule has 0 radical (unpaired) electrons. The van der Waals surface area contributed by atoms with Crippen LogP contribution < -0.4 is 4.74 Å². The Kier molecular flexibility index (Phi) is 12.3. The van der Waals surface area contributed by atoms with E-state index in [9.17, 15) is 8.42 Å². The van der Waals surface area contributed by atoms with Crippen LogP contribution in [0.25, 0.3) is 0 Å². The zero-order chi connectivity index (χ0) is 15.6. The van der Waals surface area contributed by atoms with Crippen LogP contribution in [0, 0.1) is 0 Å². The molecular formula is C16H27NaO4S. The Morgan fingerprint density at radius 3 is 1.91 bits per heavy atom. The zero-order valence-electron chi connectivity index (χ0n) is 12.8. The molecule has 0 fully saturated rings. The van der Waals surface area contributed by atoms with E-state index in [-0.39, 0.29) is 34.5 Å². The second-order valence-corrected chi connectivity index (χ2v) is 6.69. The van der Waals surface area contributed by atoms with Crippen molar-refractivity contribution in [1.29, 1.82) is 0 Å². The van der Waals surface area contributed by atoms with Crippen molar-refractivity contribution in [3.05, 3.63) is 24.3 Å². The van der Waals surface area contributed by atoms with Crippen molar-refractivity contribution in [2.45, 2.75) is 63.2 Å². The first kappa shape index (κ1) is 21.9. The van der Waals surface area contributed by atoms with E-state index >= 15 is 0 Å². The van der Waals surface area contributed by atoms with E-state index in [2.05, 4.69) is 6.92 Å².